The summed E-state index contributed by atoms with van der Waals surface area (Å²) in [6.07, 6.45) is -23.9. The highest BCUT2D eigenvalue weighted by atomic mass is 19.4. The number of nitrogens with one attached hydrogen (secondary N) is 1. The first kappa shape index (κ1) is 33.3. The van der Waals surface area contributed by atoms with Crippen molar-refractivity contribution in [2.24, 2.45) is 0 Å². The van der Waals surface area contributed by atoms with Crippen molar-refractivity contribution in [3.63, 3.8) is 0 Å². The summed E-state index contributed by atoms with van der Waals surface area (Å²) in [6.45, 7) is 0. The minimum atomic E-state index is -6.12. The smallest absolute Gasteiger partial charge is 0.434 e. The second kappa shape index (κ2) is 13.6. The standard InChI is InChI=1S/C21H24F12N4O3/c22-18(23,24)13(19(25,26)27)38-15-34-16(39-14(20(28,29)30)21(31,32)33)36-17(35-15)40-37-12-10-8-6-4-2-1-3-5-7-9-11-12/h10,13-14,37H,1-9,11H2. The summed E-state index contributed by atoms with van der Waals surface area (Å²) in [5.74, 6) is 0. The zero-order valence-electron chi connectivity index (χ0n) is 20.4. The van der Waals surface area contributed by atoms with Gasteiger partial charge in [0.25, 0.3) is 12.2 Å². The molecule has 19 heteroatoms. The number of allylic oxidation sites excluding steroid dienone is 2. The summed E-state index contributed by atoms with van der Waals surface area (Å²) in [7, 11) is 0. The Hall–Kier alpha value is -2.89. The molecular formula is C21H24F12N4O3. The van der Waals surface area contributed by atoms with Crippen molar-refractivity contribution >= 4 is 0 Å². The van der Waals surface area contributed by atoms with Crippen LogP contribution in [-0.4, -0.2) is 51.9 Å². The lowest BCUT2D eigenvalue weighted by Crippen LogP contribution is -2.47. The van der Waals surface area contributed by atoms with Gasteiger partial charge in [0.15, 0.2) is 0 Å². The third-order valence-corrected chi connectivity index (χ3v) is 5.27. The molecule has 0 unspecified atom stereocenters. The fraction of sp³-hybridized carbons (Fsp3) is 0.762. The molecule has 0 spiro atoms. The van der Waals surface area contributed by atoms with Crippen LogP contribution in [0.15, 0.2) is 11.8 Å². The van der Waals surface area contributed by atoms with E-state index in [1.807, 2.05) is 0 Å². The van der Waals surface area contributed by atoms with Crippen molar-refractivity contribution in [1.82, 2.24) is 20.4 Å². The fourth-order valence-electron chi connectivity index (χ4n) is 3.42. The lowest BCUT2D eigenvalue weighted by Gasteiger charge is -2.24. The van der Waals surface area contributed by atoms with E-state index in [2.05, 4.69) is 29.9 Å². The van der Waals surface area contributed by atoms with Gasteiger partial charge in [-0.3, -0.25) is 0 Å². The van der Waals surface area contributed by atoms with Crippen LogP contribution < -0.4 is 19.8 Å². The van der Waals surface area contributed by atoms with Crippen LogP contribution in [0.5, 0.6) is 18.0 Å². The second-order valence-corrected chi connectivity index (χ2v) is 8.65. The maximum Gasteiger partial charge on any atom is 0.434 e. The molecule has 1 aliphatic rings. The van der Waals surface area contributed by atoms with Gasteiger partial charge in [0, 0.05) is 5.70 Å². The average Bonchev–Trinajstić information content (AvgIpc) is 2.78. The van der Waals surface area contributed by atoms with Gasteiger partial charge in [0.1, 0.15) is 0 Å². The Kier molecular flexibility index (Phi) is 11.4. The van der Waals surface area contributed by atoms with Gasteiger partial charge in [-0.25, -0.2) is 5.48 Å². The molecule has 1 aliphatic carbocycles. The minimum Gasteiger partial charge on any atom is -0.440 e. The summed E-state index contributed by atoms with van der Waals surface area (Å²) in [4.78, 5) is 13.6. The van der Waals surface area contributed by atoms with Gasteiger partial charge in [-0.05, 0) is 25.7 Å². The Morgan fingerprint density at radius 2 is 0.925 bits per heavy atom. The van der Waals surface area contributed by atoms with Gasteiger partial charge in [-0.1, -0.05) is 44.6 Å². The van der Waals surface area contributed by atoms with Crippen LogP contribution in [-0.2, 0) is 0 Å². The lowest BCUT2D eigenvalue weighted by molar-refractivity contribution is -0.302. The SMILES string of the molecule is FC(F)(F)C(Oc1nc(ONC2=CCCCCCCCCCC2)nc(OC(C(F)(F)F)C(F)(F)F)n1)C(F)(F)F. The summed E-state index contributed by atoms with van der Waals surface area (Å²) in [5, 5.41) is 0. The minimum absolute atomic E-state index is 0.353. The Bertz CT molecular complexity index is 884. The normalized spacial score (nSPS) is 17.1. The molecule has 0 aliphatic heterocycles. The Labute approximate surface area is 219 Å². The highest BCUT2D eigenvalue weighted by Gasteiger charge is 2.61. The van der Waals surface area contributed by atoms with E-state index in [-0.39, 0.29) is 0 Å². The number of nitrogens with zero attached hydrogens (tertiary/aromatic N) is 3. The van der Waals surface area contributed by atoms with Gasteiger partial charge in [-0.2, -0.15) is 52.7 Å². The summed E-state index contributed by atoms with van der Waals surface area (Å²) < 4.78 is 162. The molecule has 0 aromatic carbocycles. The van der Waals surface area contributed by atoms with E-state index in [1.165, 1.54) is 0 Å². The van der Waals surface area contributed by atoms with E-state index >= 15 is 0 Å². The first-order valence-electron chi connectivity index (χ1n) is 11.9. The van der Waals surface area contributed by atoms with E-state index < -0.39 is 54.9 Å². The van der Waals surface area contributed by atoms with Crippen LogP contribution in [0, 0.1) is 0 Å². The number of rotatable bonds is 7. The average molecular weight is 608 g/mol. The molecule has 7 nitrogen and oxygen atoms in total. The van der Waals surface area contributed by atoms with Crippen LogP contribution >= 0.6 is 0 Å². The molecule has 0 saturated heterocycles. The third kappa shape index (κ3) is 11.3. The van der Waals surface area contributed by atoms with Gasteiger partial charge >= 0.3 is 42.7 Å². The number of hydroxylamine groups is 1. The van der Waals surface area contributed by atoms with Crippen molar-refractivity contribution in [1.29, 1.82) is 0 Å². The van der Waals surface area contributed by atoms with Crippen molar-refractivity contribution in [3.8, 4) is 18.0 Å². The monoisotopic (exact) mass is 608 g/mol. The van der Waals surface area contributed by atoms with E-state index in [4.69, 9.17) is 4.84 Å². The third-order valence-electron chi connectivity index (χ3n) is 5.27. The number of hydrogen-bond acceptors (Lipinski definition) is 7. The fourth-order valence-corrected chi connectivity index (χ4v) is 3.42. The molecule has 1 aromatic rings. The predicted molar refractivity (Wildman–Crippen MR) is 111 cm³/mol. The van der Waals surface area contributed by atoms with E-state index in [1.54, 1.807) is 6.08 Å². The van der Waals surface area contributed by atoms with Crippen LogP contribution in [0.25, 0.3) is 0 Å². The summed E-state index contributed by atoms with van der Waals surface area (Å²) >= 11 is 0. The Morgan fingerprint density at radius 1 is 0.550 bits per heavy atom. The molecule has 1 aromatic heterocycles. The van der Waals surface area contributed by atoms with Crippen molar-refractivity contribution in [2.75, 3.05) is 0 Å². The first-order valence-corrected chi connectivity index (χ1v) is 11.9. The Morgan fingerprint density at radius 3 is 1.35 bits per heavy atom. The zero-order valence-corrected chi connectivity index (χ0v) is 20.4. The molecule has 40 heavy (non-hydrogen) atoms. The molecule has 0 bridgehead atoms. The zero-order chi connectivity index (χ0) is 30.2. The van der Waals surface area contributed by atoms with Crippen molar-refractivity contribution in [2.45, 2.75) is 101 Å². The maximum atomic E-state index is 12.9. The van der Waals surface area contributed by atoms with E-state index in [9.17, 15) is 52.7 Å². The molecule has 1 N–H and O–H groups in total. The number of aromatic nitrogens is 3. The van der Waals surface area contributed by atoms with Crippen LogP contribution in [0.1, 0.15) is 64.2 Å². The highest BCUT2D eigenvalue weighted by Crippen LogP contribution is 2.38. The maximum absolute atomic E-state index is 12.9. The van der Waals surface area contributed by atoms with Gasteiger partial charge in [-0.15, -0.1) is 15.0 Å². The Balaban J connectivity index is 2.38. The van der Waals surface area contributed by atoms with E-state index in [0.717, 1.165) is 44.9 Å². The second-order valence-electron chi connectivity index (χ2n) is 8.65. The number of ether oxygens (including phenoxy) is 2. The highest BCUT2D eigenvalue weighted by molar-refractivity contribution is 5.11. The molecule has 0 fully saturated rings. The molecular weight excluding hydrogens is 584 g/mol. The molecule has 0 amide bonds. The molecule has 0 saturated carbocycles. The number of halogens is 12. The van der Waals surface area contributed by atoms with E-state index in [0.29, 0.717) is 25.0 Å². The van der Waals surface area contributed by atoms with Crippen LogP contribution in [0.2, 0.25) is 0 Å². The molecule has 2 rings (SSSR count). The summed E-state index contributed by atoms with van der Waals surface area (Å²) in [6, 6.07) is -5.24. The predicted octanol–water partition coefficient (Wildman–Crippen LogP) is 7.30. The molecule has 1 heterocycles. The molecule has 0 atom stereocenters. The quantitative estimate of drug-likeness (QED) is 0.257. The van der Waals surface area contributed by atoms with Crippen molar-refractivity contribution < 1.29 is 67.0 Å². The first-order chi connectivity index (χ1) is 18.4. The van der Waals surface area contributed by atoms with Gasteiger partial charge in [0.2, 0.25) is 0 Å². The lowest BCUT2D eigenvalue weighted by atomic mass is 10.0. The van der Waals surface area contributed by atoms with Gasteiger partial charge in [0.05, 0.1) is 0 Å². The topological polar surface area (TPSA) is 78.4 Å². The van der Waals surface area contributed by atoms with Crippen LogP contribution in [0.4, 0.5) is 52.7 Å². The molecule has 230 valence electrons. The number of alkyl halides is 12. The van der Waals surface area contributed by atoms with Crippen molar-refractivity contribution in [3.05, 3.63) is 11.8 Å². The van der Waals surface area contributed by atoms with Gasteiger partial charge < -0.3 is 14.3 Å². The number of hydrogen-bond donors (Lipinski definition) is 1. The van der Waals surface area contributed by atoms with Crippen LogP contribution in [0.3, 0.4) is 0 Å². The molecule has 0 radical (unpaired) electrons. The largest absolute Gasteiger partial charge is 0.440 e. The summed E-state index contributed by atoms with van der Waals surface area (Å²) in [5.41, 5.74) is 2.64.